The fraction of sp³-hybridized carbons (Fsp3) is 0.303. The minimum atomic E-state index is -0.987. The van der Waals surface area contributed by atoms with Crippen molar-refractivity contribution >= 4 is 51.7 Å². The van der Waals surface area contributed by atoms with Gasteiger partial charge in [0.05, 0.1) is 35.4 Å². The van der Waals surface area contributed by atoms with Gasteiger partial charge in [-0.25, -0.2) is 9.37 Å². The van der Waals surface area contributed by atoms with Crippen molar-refractivity contribution in [2.45, 2.75) is 32.2 Å². The highest BCUT2D eigenvalue weighted by Gasteiger charge is 2.39. The third-order valence-corrected chi connectivity index (χ3v) is 11.1. The molecule has 2 aliphatic heterocycles. The third-order valence-electron chi connectivity index (χ3n) is 8.40. The van der Waals surface area contributed by atoms with Gasteiger partial charge in [-0.05, 0) is 67.6 Å². The predicted molar refractivity (Wildman–Crippen MR) is 173 cm³/mol. The van der Waals surface area contributed by atoms with Gasteiger partial charge in [0.25, 0.3) is 11.8 Å². The molecule has 0 spiro atoms. The Morgan fingerprint density at radius 1 is 1.02 bits per heavy atom. The number of aromatic nitrogens is 1. The second-order valence-corrected chi connectivity index (χ2v) is 13.9. The van der Waals surface area contributed by atoms with Crippen LogP contribution in [0.1, 0.15) is 44.1 Å². The first-order valence-corrected chi connectivity index (χ1v) is 16.9. The number of halogens is 1. The van der Waals surface area contributed by atoms with Crippen LogP contribution in [0.25, 0.3) is 10.4 Å². The Morgan fingerprint density at radius 3 is 2.66 bits per heavy atom. The standard InChI is InChI=1S/C33H32FN5O3S2/c1-21-6-4-8-25(34)30(21)36-32(40)28-20-22-14-15-38(27-10-3-2-7-24(27)31(22)43-28)33(41)26-9-5-11-29(35-26)37-16-17-39(23-12-13-23)44(42)19-18-37/h2-11,20,23H,12-19H2,1H3,(H,36,40). The largest absolute Gasteiger partial charge is 0.598 e. The average Bonchev–Trinajstić information content (AvgIpc) is 3.83. The highest BCUT2D eigenvalue weighted by Crippen LogP contribution is 2.42. The molecule has 2 amide bonds. The lowest BCUT2D eigenvalue weighted by atomic mass is 10.1. The number of pyridine rings is 1. The second-order valence-electron chi connectivity index (χ2n) is 11.3. The summed E-state index contributed by atoms with van der Waals surface area (Å²) in [5.41, 5.74) is 3.78. The van der Waals surface area contributed by atoms with E-state index in [9.17, 15) is 18.5 Å². The molecule has 1 unspecified atom stereocenters. The zero-order valence-corrected chi connectivity index (χ0v) is 25.9. The maximum absolute atomic E-state index is 14.4. The molecule has 7 rings (SSSR count). The van der Waals surface area contributed by atoms with Crippen LogP contribution in [-0.4, -0.2) is 63.6 Å². The van der Waals surface area contributed by atoms with Crippen molar-refractivity contribution < 1.29 is 18.5 Å². The molecule has 2 aromatic heterocycles. The SMILES string of the molecule is Cc1cccc(F)c1NC(=O)c1cc2c(s1)-c1ccccc1N(C(=O)c1cccc(N3CCN(C4CC4)[S+]([O-])CC3)n1)CC2. The first-order chi connectivity index (χ1) is 21.4. The second kappa shape index (κ2) is 12.0. The van der Waals surface area contributed by atoms with Crippen LogP contribution >= 0.6 is 11.3 Å². The number of aryl methyl sites for hydroxylation is 1. The molecule has 226 valence electrons. The Bertz CT molecular complexity index is 1720. The van der Waals surface area contributed by atoms with E-state index in [0.717, 1.165) is 41.1 Å². The summed E-state index contributed by atoms with van der Waals surface area (Å²) in [6, 6.07) is 20.2. The molecule has 1 atom stereocenters. The van der Waals surface area contributed by atoms with Crippen molar-refractivity contribution in [2.24, 2.45) is 0 Å². The van der Waals surface area contributed by atoms with Crippen LogP contribution < -0.4 is 15.1 Å². The number of rotatable bonds is 5. The topological polar surface area (TPSA) is 91.8 Å². The summed E-state index contributed by atoms with van der Waals surface area (Å²) < 4.78 is 29.2. The summed E-state index contributed by atoms with van der Waals surface area (Å²) in [6.07, 6.45) is 2.77. The molecular weight excluding hydrogens is 598 g/mol. The number of carbonyl (C=O) groups is 2. The van der Waals surface area contributed by atoms with E-state index in [0.29, 0.717) is 59.8 Å². The fourth-order valence-corrected chi connectivity index (χ4v) is 8.50. The van der Waals surface area contributed by atoms with Crippen LogP contribution in [0.2, 0.25) is 0 Å². The number of carbonyl (C=O) groups excluding carboxylic acids is 2. The molecule has 11 heteroatoms. The number of fused-ring (bicyclic) bond motifs is 3. The van der Waals surface area contributed by atoms with Crippen LogP contribution in [0.4, 0.5) is 21.6 Å². The lowest BCUT2D eigenvalue weighted by Gasteiger charge is -2.24. The summed E-state index contributed by atoms with van der Waals surface area (Å²) in [4.78, 5) is 37.3. The zero-order valence-electron chi connectivity index (χ0n) is 24.3. The third kappa shape index (κ3) is 5.61. The van der Waals surface area contributed by atoms with Crippen LogP contribution in [0.3, 0.4) is 0 Å². The maximum atomic E-state index is 14.4. The van der Waals surface area contributed by atoms with E-state index in [1.807, 2.05) is 42.5 Å². The molecule has 0 radical (unpaired) electrons. The van der Waals surface area contributed by atoms with Crippen LogP contribution in [0, 0.1) is 12.7 Å². The van der Waals surface area contributed by atoms with Gasteiger partial charge in [0.1, 0.15) is 23.1 Å². The lowest BCUT2D eigenvalue weighted by molar-refractivity contribution is 0.0981. The summed E-state index contributed by atoms with van der Waals surface area (Å²) in [7, 11) is 0. The lowest BCUT2D eigenvalue weighted by Crippen LogP contribution is -2.36. The van der Waals surface area contributed by atoms with Gasteiger partial charge in [-0.1, -0.05) is 36.4 Å². The van der Waals surface area contributed by atoms with Gasteiger partial charge in [-0.2, -0.15) is 0 Å². The number of hydrogen-bond acceptors (Lipinski definition) is 7. The first-order valence-electron chi connectivity index (χ1n) is 14.8. The summed E-state index contributed by atoms with van der Waals surface area (Å²) in [6.45, 7) is 4.23. The van der Waals surface area contributed by atoms with Gasteiger partial charge in [-0.3, -0.25) is 9.59 Å². The summed E-state index contributed by atoms with van der Waals surface area (Å²) >= 11 is 0.359. The van der Waals surface area contributed by atoms with Crippen molar-refractivity contribution in [3.8, 4) is 10.4 Å². The highest BCUT2D eigenvalue weighted by atomic mass is 32.2. The van der Waals surface area contributed by atoms with Crippen LogP contribution in [-0.2, 0) is 17.8 Å². The smallest absolute Gasteiger partial charge is 0.276 e. The Balaban J connectivity index is 1.13. The van der Waals surface area contributed by atoms with E-state index < -0.39 is 17.2 Å². The van der Waals surface area contributed by atoms with Gasteiger partial charge in [0.2, 0.25) is 0 Å². The molecule has 4 aromatic rings. The monoisotopic (exact) mass is 629 g/mol. The molecule has 0 bridgehead atoms. The summed E-state index contributed by atoms with van der Waals surface area (Å²) in [5, 5.41) is 2.74. The number of nitrogens with one attached hydrogen (secondary N) is 1. The van der Waals surface area contributed by atoms with E-state index in [4.69, 9.17) is 4.98 Å². The van der Waals surface area contributed by atoms with Gasteiger partial charge >= 0.3 is 0 Å². The van der Waals surface area contributed by atoms with Crippen LogP contribution in [0.5, 0.6) is 0 Å². The molecule has 8 nitrogen and oxygen atoms in total. The molecule has 1 aliphatic carbocycles. The van der Waals surface area contributed by atoms with Crippen LogP contribution in [0.15, 0.2) is 66.7 Å². The molecule has 44 heavy (non-hydrogen) atoms. The minimum Gasteiger partial charge on any atom is -0.598 e. The Labute approximate surface area is 262 Å². The van der Waals surface area contributed by atoms with Crippen molar-refractivity contribution in [3.05, 3.63) is 94.2 Å². The molecule has 3 aliphatic rings. The first kappa shape index (κ1) is 29.0. The summed E-state index contributed by atoms with van der Waals surface area (Å²) in [5.74, 6) is 0.243. The van der Waals surface area contributed by atoms with Gasteiger partial charge in [0.15, 0.2) is 0 Å². The quantitative estimate of drug-likeness (QED) is 0.287. The number of nitrogens with zero attached hydrogens (tertiary/aromatic N) is 4. The van der Waals surface area contributed by atoms with Gasteiger partial charge < -0.3 is 19.7 Å². The normalized spacial score (nSPS) is 18.7. The highest BCUT2D eigenvalue weighted by molar-refractivity contribution is 7.89. The molecule has 2 aromatic carbocycles. The number of thiophene rings is 1. The fourth-order valence-electron chi connectivity index (χ4n) is 5.92. The molecule has 1 saturated carbocycles. The van der Waals surface area contributed by atoms with E-state index in [1.165, 1.54) is 17.4 Å². The van der Waals surface area contributed by atoms with E-state index in [1.54, 1.807) is 30.0 Å². The maximum Gasteiger partial charge on any atom is 0.276 e. The van der Waals surface area contributed by atoms with Gasteiger partial charge in [0, 0.05) is 34.9 Å². The van der Waals surface area contributed by atoms with Crippen molar-refractivity contribution in [1.29, 1.82) is 0 Å². The van der Waals surface area contributed by atoms with E-state index in [-0.39, 0.29) is 17.5 Å². The number of benzene rings is 2. The van der Waals surface area contributed by atoms with Crippen molar-refractivity contribution in [1.82, 2.24) is 9.29 Å². The number of anilines is 3. The van der Waals surface area contributed by atoms with E-state index >= 15 is 0 Å². The number of para-hydroxylation sites is 2. The zero-order chi connectivity index (χ0) is 30.4. The van der Waals surface area contributed by atoms with Crippen molar-refractivity contribution in [2.75, 3.05) is 47.0 Å². The van der Waals surface area contributed by atoms with Crippen molar-refractivity contribution in [3.63, 3.8) is 0 Å². The minimum absolute atomic E-state index is 0.182. The molecule has 4 heterocycles. The molecule has 1 N–H and O–H groups in total. The predicted octanol–water partition coefficient (Wildman–Crippen LogP) is 5.66. The molecule has 1 saturated heterocycles. The Kier molecular flexibility index (Phi) is 7.88. The average molecular weight is 630 g/mol. The molecular formula is C33H32FN5O3S2. The van der Waals surface area contributed by atoms with E-state index in [2.05, 4.69) is 14.5 Å². The number of amides is 2. The Hall–Kier alpha value is -3.77. The Morgan fingerprint density at radius 2 is 1.84 bits per heavy atom. The van der Waals surface area contributed by atoms with Gasteiger partial charge in [-0.15, -0.1) is 15.6 Å². The molecule has 2 fully saturated rings. The number of hydrogen-bond donors (Lipinski definition) is 1.